The van der Waals surface area contributed by atoms with Gasteiger partial charge in [0.05, 0.1) is 24.2 Å². The van der Waals surface area contributed by atoms with Gasteiger partial charge in [-0.1, -0.05) is 12.1 Å². The maximum atomic E-state index is 11.9. The van der Waals surface area contributed by atoms with Crippen molar-refractivity contribution in [1.29, 1.82) is 0 Å². The monoisotopic (exact) mass is 344 g/mol. The van der Waals surface area contributed by atoms with Gasteiger partial charge >= 0.3 is 6.03 Å². The molecular weight excluding hydrogens is 328 g/mol. The maximum Gasteiger partial charge on any atom is 0.315 e. The predicted molar refractivity (Wildman–Crippen MR) is 89.7 cm³/mol. The summed E-state index contributed by atoms with van der Waals surface area (Å²) in [6.45, 7) is 0.604. The molecule has 24 heavy (non-hydrogen) atoms. The van der Waals surface area contributed by atoms with Crippen molar-refractivity contribution in [2.24, 2.45) is 0 Å². The fraction of sp³-hybridized carbons (Fsp3) is 0.188. The number of hydrogen-bond acceptors (Lipinski definition) is 6. The lowest BCUT2D eigenvalue weighted by atomic mass is 10.3. The van der Waals surface area contributed by atoms with Crippen LogP contribution in [0.15, 0.2) is 46.5 Å². The van der Waals surface area contributed by atoms with Crippen molar-refractivity contribution in [2.75, 3.05) is 7.11 Å². The molecule has 124 valence electrons. The second-order valence-electron chi connectivity index (χ2n) is 4.83. The van der Waals surface area contributed by atoms with E-state index in [1.165, 1.54) is 0 Å². The molecule has 0 saturated carbocycles. The predicted octanol–water partition coefficient (Wildman–Crippen LogP) is 2.81. The van der Waals surface area contributed by atoms with Gasteiger partial charge in [0, 0.05) is 18.3 Å². The minimum absolute atomic E-state index is 0.283. The van der Waals surface area contributed by atoms with Crippen LogP contribution in [0.4, 0.5) is 4.79 Å². The number of thiophene rings is 1. The number of nitrogens with zero attached hydrogens (tertiary/aromatic N) is 2. The molecular formula is C16H16N4O3S. The van der Waals surface area contributed by atoms with Crippen LogP contribution in [0.1, 0.15) is 11.3 Å². The van der Waals surface area contributed by atoms with Crippen molar-refractivity contribution in [3.8, 4) is 16.6 Å². The van der Waals surface area contributed by atoms with E-state index < -0.39 is 0 Å². The summed E-state index contributed by atoms with van der Waals surface area (Å²) in [5, 5.41) is 7.44. The summed E-state index contributed by atoms with van der Waals surface area (Å²) >= 11 is 1.55. The van der Waals surface area contributed by atoms with Crippen LogP contribution in [0.2, 0.25) is 0 Å². The first-order chi connectivity index (χ1) is 11.8. The normalized spacial score (nSPS) is 10.4. The van der Waals surface area contributed by atoms with Gasteiger partial charge < -0.3 is 19.8 Å². The van der Waals surface area contributed by atoms with Crippen LogP contribution in [-0.4, -0.2) is 23.1 Å². The zero-order valence-electron chi connectivity index (χ0n) is 13.0. The number of pyridine rings is 1. The number of nitrogens with one attached hydrogen (secondary N) is 2. The summed E-state index contributed by atoms with van der Waals surface area (Å²) in [5.41, 5.74) is 1.46. The van der Waals surface area contributed by atoms with Crippen LogP contribution < -0.4 is 15.4 Å². The first kappa shape index (κ1) is 16.0. The highest BCUT2D eigenvalue weighted by Gasteiger charge is 2.09. The second kappa shape index (κ2) is 7.60. The molecule has 0 radical (unpaired) electrons. The molecule has 8 heteroatoms. The molecule has 3 aromatic heterocycles. The highest BCUT2D eigenvalue weighted by atomic mass is 32.1. The maximum absolute atomic E-state index is 11.9. The van der Waals surface area contributed by atoms with E-state index in [-0.39, 0.29) is 12.6 Å². The summed E-state index contributed by atoms with van der Waals surface area (Å²) in [6, 6.07) is 7.20. The van der Waals surface area contributed by atoms with Crippen LogP contribution in [0, 0.1) is 0 Å². The van der Waals surface area contributed by atoms with Crippen LogP contribution >= 0.6 is 11.3 Å². The van der Waals surface area contributed by atoms with E-state index in [1.54, 1.807) is 37.0 Å². The van der Waals surface area contributed by atoms with Crippen molar-refractivity contribution in [3.63, 3.8) is 0 Å². The molecule has 0 fully saturated rings. The molecule has 0 atom stereocenters. The average Bonchev–Trinajstić information content (AvgIpc) is 3.29. The van der Waals surface area contributed by atoms with Crippen molar-refractivity contribution in [1.82, 2.24) is 20.6 Å². The quantitative estimate of drug-likeness (QED) is 0.718. The van der Waals surface area contributed by atoms with Gasteiger partial charge in [-0.05, 0) is 17.5 Å². The minimum Gasteiger partial charge on any atom is -0.481 e. The third-order valence-corrected chi connectivity index (χ3v) is 4.05. The summed E-state index contributed by atoms with van der Waals surface area (Å²) in [6.07, 6.45) is 3.18. The van der Waals surface area contributed by atoms with Gasteiger partial charge in [-0.2, -0.15) is 0 Å². The van der Waals surface area contributed by atoms with Gasteiger partial charge in [0.15, 0.2) is 0 Å². The van der Waals surface area contributed by atoms with Crippen molar-refractivity contribution in [3.05, 3.63) is 53.4 Å². The molecule has 3 aromatic rings. The van der Waals surface area contributed by atoms with Crippen molar-refractivity contribution >= 4 is 17.4 Å². The van der Waals surface area contributed by atoms with E-state index >= 15 is 0 Å². The molecule has 0 unspecified atom stereocenters. The topological polar surface area (TPSA) is 89.3 Å². The fourth-order valence-corrected chi connectivity index (χ4v) is 2.71. The molecule has 7 nitrogen and oxygen atoms in total. The van der Waals surface area contributed by atoms with Crippen LogP contribution in [0.25, 0.3) is 10.8 Å². The number of amides is 2. The number of carbonyl (C=O) groups excluding carboxylic acids is 1. The number of ether oxygens (including phenoxy) is 1. The highest BCUT2D eigenvalue weighted by molar-refractivity contribution is 7.13. The molecule has 3 heterocycles. The molecule has 2 N–H and O–H groups in total. The summed E-state index contributed by atoms with van der Waals surface area (Å²) in [7, 11) is 1.54. The van der Waals surface area contributed by atoms with Gasteiger partial charge in [-0.15, -0.1) is 11.3 Å². The van der Waals surface area contributed by atoms with Gasteiger partial charge in [0.25, 0.3) is 0 Å². The number of hydrogen-bond donors (Lipinski definition) is 2. The van der Waals surface area contributed by atoms with Crippen LogP contribution in [-0.2, 0) is 13.1 Å². The van der Waals surface area contributed by atoms with Crippen LogP contribution in [0.3, 0.4) is 0 Å². The number of aromatic nitrogens is 2. The van der Waals surface area contributed by atoms with Crippen molar-refractivity contribution < 1.29 is 13.9 Å². The van der Waals surface area contributed by atoms with Crippen molar-refractivity contribution in [2.45, 2.75) is 13.1 Å². The Bertz CT molecular complexity index is 801. The molecule has 0 aliphatic carbocycles. The molecule has 0 saturated heterocycles. The summed E-state index contributed by atoms with van der Waals surface area (Å²) in [5.74, 6) is 1.05. The third kappa shape index (κ3) is 3.90. The zero-order valence-corrected chi connectivity index (χ0v) is 13.8. The van der Waals surface area contributed by atoms with E-state index in [4.69, 9.17) is 9.15 Å². The number of oxazole rings is 1. The van der Waals surface area contributed by atoms with Gasteiger partial charge in [0.2, 0.25) is 11.8 Å². The van der Waals surface area contributed by atoms with Crippen LogP contribution in [0.5, 0.6) is 5.88 Å². The van der Waals surface area contributed by atoms with E-state index in [0.29, 0.717) is 24.0 Å². The first-order valence-corrected chi connectivity index (χ1v) is 8.12. The van der Waals surface area contributed by atoms with Gasteiger partial charge in [-0.25, -0.2) is 14.8 Å². The third-order valence-electron chi connectivity index (χ3n) is 3.20. The van der Waals surface area contributed by atoms with E-state index in [9.17, 15) is 4.79 Å². The SMILES string of the molecule is COc1ncccc1CNC(=O)NCc1coc(-c2cccs2)n1. The first-order valence-electron chi connectivity index (χ1n) is 7.24. The Morgan fingerprint density at radius 2 is 2.17 bits per heavy atom. The Morgan fingerprint density at radius 1 is 1.29 bits per heavy atom. The van der Waals surface area contributed by atoms with E-state index in [0.717, 1.165) is 10.4 Å². The molecule has 0 aliphatic heterocycles. The average molecular weight is 344 g/mol. The number of urea groups is 1. The fourth-order valence-electron chi connectivity index (χ4n) is 2.05. The van der Waals surface area contributed by atoms with Gasteiger partial charge in [-0.3, -0.25) is 0 Å². The smallest absolute Gasteiger partial charge is 0.315 e. The number of rotatable bonds is 6. The molecule has 0 aromatic carbocycles. The number of methoxy groups -OCH3 is 1. The standard InChI is InChI=1S/C16H16N4O3S/c1-22-14-11(4-2-6-17-14)8-18-16(21)19-9-12-10-23-15(20-12)13-5-3-7-24-13/h2-7,10H,8-9H2,1H3,(H2,18,19,21). The minimum atomic E-state index is -0.304. The number of carbonyl (C=O) groups is 1. The van der Waals surface area contributed by atoms with E-state index in [1.807, 2.05) is 23.6 Å². The summed E-state index contributed by atoms with van der Waals surface area (Å²) in [4.78, 5) is 21.3. The lowest BCUT2D eigenvalue weighted by molar-refractivity contribution is 0.240. The highest BCUT2D eigenvalue weighted by Crippen LogP contribution is 2.23. The molecule has 0 bridgehead atoms. The lowest BCUT2D eigenvalue weighted by Crippen LogP contribution is -2.34. The molecule has 2 amide bonds. The van der Waals surface area contributed by atoms with Gasteiger partial charge in [0.1, 0.15) is 6.26 Å². The molecule has 0 spiro atoms. The Balaban J connectivity index is 1.49. The largest absolute Gasteiger partial charge is 0.481 e. The Morgan fingerprint density at radius 3 is 2.96 bits per heavy atom. The Kier molecular flexibility index (Phi) is 5.07. The summed E-state index contributed by atoms with van der Waals surface area (Å²) < 4.78 is 10.5. The zero-order chi connectivity index (χ0) is 16.8. The Hall–Kier alpha value is -2.87. The molecule has 3 rings (SSSR count). The van der Waals surface area contributed by atoms with E-state index in [2.05, 4.69) is 20.6 Å². The molecule has 0 aliphatic rings. The second-order valence-corrected chi connectivity index (χ2v) is 5.78. The Labute approximate surface area is 142 Å². The lowest BCUT2D eigenvalue weighted by Gasteiger charge is -2.09.